The van der Waals surface area contributed by atoms with Gasteiger partial charge in [-0.05, 0) is 73.7 Å². The van der Waals surface area contributed by atoms with Crippen LogP contribution >= 0.6 is 11.6 Å². The molecule has 1 fully saturated rings. The molecule has 1 aliphatic heterocycles. The molecule has 166 valence electrons. The first-order chi connectivity index (χ1) is 15.3. The van der Waals surface area contributed by atoms with Crippen LogP contribution in [0, 0.1) is 6.92 Å². The normalized spacial score (nSPS) is 17.0. The summed E-state index contributed by atoms with van der Waals surface area (Å²) < 4.78 is 27.8. The Morgan fingerprint density at radius 1 is 0.969 bits per heavy atom. The van der Waals surface area contributed by atoms with Gasteiger partial charge in [-0.15, -0.1) is 0 Å². The third kappa shape index (κ3) is 3.78. The molecular formula is C24H24ClN3O3S. The van der Waals surface area contributed by atoms with Gasteiger partial charge in [-0.1, -0.05) is 17.7 Å². The third-order valence-electron chi connectivity index (χ3n) is 6.43. The Hall–Kier alpha value is -2.48. The van der Waals surface area contributed by atoms with Crippen molar-refractivity contribution >= 4 is 38.4 Å². The fraction of sp³-hybridized carbons (Fsp3) is 0.333. The largest absolute Gasteiger partial charge is 0.336 e. The second kappa shape index (κ2) is 8.14. The molecule has 0 radical (unpaired) electrons. The Morgan fingerprint density at radius 3 is 2.50 bits per heavy atom. The van der Waals surface area contributed by atoms with E-state index in [-0.39, 0.29) is 19.0 Å². The maximum Gasteiger partial charge on any atom is 0.255 e. The van der Waals surface area contributed by atoms with Crippen molar-refractivity contribution in [3.63, 3.8) is 0 Å². The van der Waals surface area contributed by atoms with Gasteiger partial charge in [-0.3, -0.25) is 9.78 Å². The van der Waals surface area contributed by atoms with E-state index in [0.717, 1.165) is 35.7 Å². The van der Waals surface area contributed by atoms with Gasteiger partial charge in [0, 0.05) is 36.6 Å². The number of hydrogen-bond donors (Lipinski definition) is 0. The first kappa shape index (κ1) is 21.4. The van der Waals surface area contributed by atoms with Crippen LogP contribution in [0.15, 0.2) is 47.4 Å². The summed E-state index contributed by atoms with van der Waals surface area (Å²) in [5.74, 6) is -0.133. The summed E-state index contributed by atoms with van der Waals surface area (Å²) in [6.45, 7) is 3.05. The van der Waals surface area contributed by atoms with Crippen molar-refractivity contribution in [3.05, 3.63) is 69.9 Å². The van der Waals surface area contributed by atoms with Crippen molar-refractivity contribution in [3.8, 4) is 0 Å². The van der Waals surface area contributed by atoms with E-state index in [2.05, 4.69) is 4.98 Å². The molecule has 1 aliphatic carbocycles. The van der Waals surface area contributed by atoms with E-state index in [1.165, 1.54) is 9.87 Å². The molecule has 0 atom stereocenters. The van der Waals surface area contributed by atoms with Gasteiger partial charge < -0.3 is 4.90 Å². The van der Waals surface area contributed by atoms with E-state index in [1.54, 1.807) is 23.1 Å². The van der Waals surface area contributed by atoms with Crippen LogP contribution in [0.4, 0.5) is 0 Å². The average molecular weight is 470 g/mol. The maximum atomic E-state index is 13.2. The number of halogens is 1. The topological polar surface area (TPSA) is 70.6 Å². The molecule has 3 aromatic rings. The SMILES string of the molecule is Cc1nc2ccc(Cl)cc2cc1C(=O)N1CCN(S(=O)(=O)c2ccc3c(c2)CCC3)CC1. The van der Waals surface area contributed by atoms with E-state index in [0.29, 0.717) is 34.3 Å². The van der Waals surface area contributed by atoms with Crippen LogP contribution in [0.1, 0.15) is 33.6 Å². The average Bonchev–Trinajstić information content (AvgIpc) is 3.26. The fourth-order valence-corrected chi connectivity index (χ4v) is 6.27. The van der Waals surface area contributed by atoms with Crippen molar-refractivity contribution in [1.82, 2.24) is 14.2 Å². The molecule has 0 bridgehead atoms. The summed E-state index contributed by atoms with van der Waals surface area (Å²) in [7, 11) is -3.57. The molecular weight excluding hydrogens is 446 g/mol. The van der Waals surface area contributed by atoms with Crippen LogP contribution in [0.5, 0.6) is 0 Å². The summed E-state index contributed by atoms with van der Waals surface area (Å²) in [6, 6.07) is 12.7. The van der Waals surface area contributed by atoms with Crippen LogP contribution in [0.25, 0.3) is 10.9 Å². The monoisotopic (exact) mass is 469 g/mol. The number of fused-ring (bicyclic) bond motifs is 2. The predicted octanol–water partition coefficient (Wildman–Crippen LogP) is 3.83. The third-order valence-corrected chi connectivity index (χ3v) is 8.56. The number of carbonyl (C=O) groups excluding carboxylic acids is 1. The molecule has 1 aromatic heterocycles. The number of pyridine rings is 1. The van der Waals surface area contributed by atoms with Crippen LogP contribution in [-0.2, 0) is 22.9 Å². The number of sulfonamides is 1. The van der Waals surface area contributed by atoms with Crippen molar-refractivity contribution in [2.24, 2.45) is 0 Å². The van der Waals surface area contributed by atoms with E-state index in [9.17, 15) is 13.2 Å². The summed E-state index contributed by atoms with van der Waals surface area (Å²) in [4.78, 5) is 19.8. The van der Waals surface area contributed by atoms with Crippen molar-refractivity contribution in [2.75, 3.05) is 26.2 Å². The van der Waals surface area contributed by atoms with Gasteiger partial charge in [0.05, 0.1) is 21.7 Å². The standard InChI is InChI=1S/C24H24ClN3O3S/c1-16-22(15-19-13-20(25)6-8-23(19)26-16)24(29)27-9-11-28(12-10-27)32(30,31)21-7-5-17-3-2-4-18(17)14-21/h5-8,13-15H,2-4,9-12H2,1H3. The number of rotatable bonds is 3. The fourth-order valence-electron chi connectivity index (χ4n) is 4.62. The van der Waals surface area contributed by atoms with Gasteiger partial charge in [-0.25, -0.2) is 8.42 Å². The lowest BCUT2D eigenvalue weighted by molar-refractivity contribution is 0.0697. The molecule has 1 saturated heterocycles. The molecule has 2 aliphatic rings. The number of carbonyl (C=O) groups is 1. The lowest BCUT2D eigenvalue weighted by atomic mass is 10.1. The second-order valence-corrected chi connectivity index (χ2v) is 10.8. The molecule has 0 unspecified atom stereocenters. The smallest absolute Gasteiger partial charge is 0.255 e. The number of aromatic nitrogens is 1. The molecule has 2 heterocycles. The highest BCUT2D eigenvalue weighted by Gasteiger charge is 2.31. The molecule has 0 spiro atoms. The van der Waals surface area contributed by atoms with Gasteiger partial charge in [0.15, 0.2) is 0 Å². The van der Waals surface area contributed by atoms with Gasteiger partial charge in [0.2, 0.25) is 10.0 Å². The van der Waals surface area contributed by atoms with E-state index in [1.807, 2.05) is 31.2 Å². The van der Waals surface area contributed by atoms with Crippen molar-refractivity contribution in [1.29, 1.82) is 0 Å². The quantitative estimate of drug-likeness (QED) is 0.584. The number of aryl methyl sites for hydroxylation is 3. The number of nitrogens with zero attached hydrogens (tertiary/aromatic N) is 3. The first-order valence-corrected chi connectivity index (χ1v) is 12.6. The number of amides is 1. The number of benzene rings is 2. The van der Waals surface area contributed by atoms with Crippen molar-refractivity contribution < 1.29 is 13.2 Å². The van der Waals surface area contributed by atoms with E-state index >= 15 is 0 Å². The highest BCUT2D eigenvalue weighted by molar-refractivity contribution is 7.89. The van der Waals surface area contributed by atoms with E-state index in [4.69, 9.17) is 11.6 Å². The van der Waals surface area contributed by atoms with Crippen LogP contribution in [0.2, 0.25) is 5.02 Å². The molecule has 32 heavy (non-hydrogen) atoms. The Kier molecular flexibility index (Phi) is 5.43. The highest BCUT2D eigenvalue weighted by atomic mass is 35.5. The molecule has 1 amide bonds. The highest BCUT2D eigenvalue weighted by Crippen LogP contribution is 2.27. The van der Waals surface area contributed by atoms with Crippen LogP contribution in [-0.4, -0.2) is 54.7 Å². The molecule has 2 aromatic carbocycles. The lowest BCUT2D eigenvalue weighted by Gasteiger charge is -2.34. The zero-order chi connectivity index (χ0) is 22.5. The maximum absolute atomic E-state index is 13.2. The van der Waals surface area contributed by atoms with Gasteiger partial charge in [-0.2, -0.15) is 4.31 Å². The van der Waals surface area contributed by atoms with Crippen LogP contribution in [0.3, 0.4) is 0 Å². The molecule has 0 N–H and O–H groups in total. The summed E-state index contributed by atoms with van der Waals surface area (Å²) in [6.07, 6.45) is 3.03. The van der Waals surface area contributed by atoms with Gasteiger partial charge in [0.1, 0.15) is 0 Å². The zero-order valence-electron chi connectivity index (χ0n) is 17.8. The Bertz CT molecular complexity index is 1330. The van der Waals surface area contributed by atoms with Gasteiger partial charge >= 0.3 is 0 Å². The Labute approximate surface area is 192 Å². The first-order valence-electron chi connectivity index (χ1n) is 10.8. The summed E-state index contributed by atoms with van der Waals surface area (Å²) in [5.41, 5.74) is 4.35. The van der Waals surface area contributed by atoms with Crippen LogP contribution < -0.4 is 0 Å². The minimum atomic E-state index is -3.57. The molecule has 5 rings (SSSR count). The van der Waals surface area contributed by atoms with E-state index < -0.39 is 10.0 Å². The minimum absolute atomic E-state index is 0.133. The lowest BCUT2D eigenvalue weighted by Crippen LogP contribution is -2.50. The second-order valence-electron chi connectivity index (χ2n) is 8.44. The van der Waals surface area contributed by atoms with Gasteiger partial charge in [0.25, 0.3) is 5.91 Å². The summed E-state index contributed by atoms with van der Waals surface area (Å²) >= 11 is 6.09. The predicted molar refractivity (Wildman–Crippen MR) is 125 cm³/mol. The Morgan fingerprint density at radius 2 is 1.72 bits per heavy atom. The van der Waals surface area contributed by atoms with Crippen molar-refractivity contribution in [2.45, 2.75) is 31.1 Å². The molecule has 0 saturated carbocycles. The summed E-state index contributed by atoms with van der Waals surface area (Å²) in [5, 5.41) is 1.40. The minimum Gasteiger partial charge on any atom is -0.336 e. The molecule has 8 heteroatoms. The zero-order valence-corrected chi connectivity index (χ0v) is 19.4. The Balaban J connectivity index is 1.33. The number of hydrogen-bond acceptors (Lipinski definition) is 4. The molecule has 6 nitrogen and oxygen atoms in total. The number of piperazine rings is 1.